The zero-order valence-electron chi connectivity index (χ0n) is 11.3. The molecule has 7 heteroatoms. The Labute approximate surface area is 136 Å². The van der Waals surface area contributed by atoms with Crippen LogP contribution < -0.4 is 0 Å². The first kappa shape index (κ1) is 15.1. The number of hydrogen-bond acceptors (Lipinski definition) is 6. The molecule has 3 rings (SSSR count). The van der Waals surface area contributed by atoms with E-state index in [9.17, 15) is 4.79 Å². The van der Waals surface area contributed by atoms with Crippen molar-refractivity contribution >= 4 is 40.1 Å². The number of hydrogen-bond donors (Lipinski definition) is 0. The molecule has 2 aromatic heterocycles. The molecular formula is C14H15ClN2O2S2. The lowest BCUT2D eigenvalue weighted by molar-refractivity contribution is -0.0121. The maximum absolute atomic E-state index is 12.3. The van der Waals surface area contributed by atoms with Crippen LogP contribution in [-0.4, -0.2) is 41.5 Å². The highest BCUT2D eigenvalue weighted by Crippen LogP contribution is 2.23. The first-order chi connectivity index (χ1) is 10.2. The maximum atomic E-state index is 12.3. The van der Waals surface area contributed by atoms with E-state index in [1.807, 2.05) is 17.5 Å². The van der Waals surface area contributed by atoms with Crippen LogP contribution in [0.2, 0.25) is 4.47 Å². The van der Waals surface area contributed by atoms with E-state index in [-0.39, 0.29) is 11.8 Å². The molecule has 1 aliphatic rings. The van der Waals surface area contributed by atoms with Crippen molar-refractivity contribution in [3.05, 3.63) is 37.9 Å². The van der Waals surface area contributed by atoms with Crippen LogP contribution >= 0.6 is 34.3 Å². The van der Waals surface area contributed by atoms with E-state index in [0.717, 1.165) is 22.8 Å². The molecule has 0 aliphatic carbocycles. The molecule has 1 aliphatic heterocycles. The van der Waals surface area contributed by atoms with Gasteiger partial charge in [0.15, 0.2) is 10.3 Å². The number of ketones is 1. The number of halogens is 1. The van der Waals surface area contributed by atoms with Gasteiger partial charge in [-0.2, -0.15) is 0 Å². The molecule has 3 heterocycles. The van der Waals surface area contributed by atoms with Crippen molar-refractivity contribution < 1.29 is 9.53 Å². The number of Topliss-reactive ketones (excluding diaryl/α,β-unsaturated/α-hetero) is 1. The van der Waals surface area contributed by atoms with Crippen molar-refractivity contribution in [2.24, 2.45) is 0 Å². The van der Waals surface area contributed by atoms with Gasteiger partial charge in [-0.3, -0.25) is 9.69 Å². The van der Waals surface area contributed by atoms with Gasteiger partial charge >= 0.3 is 0 Å². The smallest absolute Gasteiger partial charge is 0.183 e. The predicted octanol–water partition coefficient (Wildman–Crippen LogP) is 3.33. The Morgan fingerprint density at radius 2 is 2.48 bits per heavy atom. The van der Waals surface area contributed by atoms with Gasteiger partial charge in [0.2, 0.25) is 0 Å². The summed E-state index contributed by atoms with van der Waals surface area (Å²) in [7, 11) is 0. The fourth-order valence-corrected chi connectivity index (χ4v) is 4.07. The molecular weight excluding hydrogens is 328 g/mol. The number of carbonyl (C=O) groups is 1. The number of thiazole rings is 1. The summed E-state index contributed by atoms with van der Waals surface area (Å²) in [5.74, 6) is 0.188. The SMILES string of the molecule is O=C(C[C@@H]1COCCN1Cc1cnc(Cl)s1)c1cccs1. The Balaban J connectivity index is 1.65. The van der Waals surface area contributed by atoms with E-state index in [0.29, 0.717) is 24.1 Å². The molecule has 4 nitrogen and oxygen atoms in total. The largest absolute Gasteiger partial charge is 0.378 e. The van der Waals surface area contributed by atoms with Crippen LogP contribution in [0.15, 0.2) is 23.7 Å². The number of morpholine rings is 1. The van der Waals surface area contributed by atoms with Gasteiger partial charge in [-0.15, -0.1) is 22.7 Å². The van der Waals surface area contributed by atoms with E-state index in [4.69, 9.17) is 16.3 Å². The molecule has 0 N–H and O–H groups in total. The van der Waals surface area contributed by atoms with Gasteiger partial charge in [-0.25, -0.2) is 4.98 Å². The molecule has 1 saturated heterocycles. The second-order valence-corrected chi connectivity index (χ2v) is 7.53. The summed E-state index contributed by atoms with van der Waals surface area (Å²) in [6, 6.07) is 3.91. The fourth-order valence-electron chi connectivity index (χ4n) is 2.39. The van der Waals surface area contributed by atoms with Crippen molar-refractivity contribution in [3.63, 3.8) is 0 Å². The molecule has 0 saturated carbocycles. The molecule has 0 amide bonds. The lowest BCUT2D eigenvalue weighted by Crippen LogP contribution is -2.45. The standard InChI is InChI=1S/C14H15ClN2O2S2/c15-14-16-7-11(21-14)8-17-3-4-19-9-10(17)6-12(18)13-2-1-5-20-13/h1-2,5,7,10H,3-4,6,8-9H2/t10-/m1/s1. The molecule has 0 bridgehead atoms. The highest BCUT2D eigenvalue weighted by atomic mass is 35.5. The van der Waals surface area contributed by atoms with Crippen molar-refractivity contribution in [2.45, 2.75) is 19.0 Å². The predicted molar refractivity (Wildman–Crippen MR) is 85.4 cm³/mol. The minimum absolute atomic E-state index is 0.120. The third kappa shape index (κ3) is 3.90. The van der Waals surface area contributed by atoms with Crippen LogP contribution in [0.1, 0.15) is 21.0 Å². The molecule has 0 spiro atoms. The number of rotatable bonds is 5. The molecule has 21 heavy (non-hydrogen) atoms. The van der Waals surface area contributed by atoms with Crippen LogP contribution in [0.3, 0.4) is 0 Å². The highest BCUT2D eigenvalue weighted by molar-refractivity contribution is 7.15. The van der Waals surface area contributed by atoms with Gasteiger partial charge in [0.1, 0.15) is 0 Å². The summed E-state index contributed by atoms with van der Waals surface area (Å²) >= 11 is 8.86. The summed E-state index contributed by atoms with van der Waals surface area (Å²) in [6.45, 7) is 2.91. The van der Waals surface area contributed by atoms with Crippen molar-refractivity contribution in [2.75, 3.05) is 19.8 Å². The van der Waals surface area contributed by atoms with Gasteiger partial charge < -0.3 is 4.74 Å². The molecule has 1 atom stereocenters. The number of nitrogens with zero attached hydrogens (tertiary/aromatic N) is 2. The third-order valence-electron chi connectivity index (χ3n) is 3.45. The zero-order valence-corrected chi connectivity index (χ0v) is 13.7. The van der Waals surface area contributed by atoms with E-state index in [1.54, 1.807) is 6.20 Å². The maximum Gasteiger partial charge on any atom is 0.183 e. The van der Waals surface area contributed by atoms with Crippen LogP contribution in [-0.2, 0) is 11.3 Å². The third-order valence-corrected chi connectivity index (χ3v) is 5.46. The number of thiophene rings is 1. The molecule has 2 aromatic rings. The fraction of sp³-hybridized carbons (Fsp3) is 0.429. The summed E-state index contributed by atoms with van der Waals surface area (Å²) in [5.41, 5.74) is 0. The Morgan fingerprint density at radius 3 is 3.19 bits per heavy atom. The Kier molecular flexibility index (Phi) is 5.03. The molecule has 112 valence electrons. The van der Waals surface area contributed by atoms with Gasteiger partial charge in [0, 0.05) is 36.6 Å². The first-order valence-electron chi connectivity index (χ1n) is 6.71. The second-order valence-electron chi connectivity index (χ2n) is 4.88. The quantitative estimate of drug-likeness (QED) is 0.782. The molecule has 1 fully saturated rings. The minimum Gasteiger partial charge on any atom is -0.378 e. The van der Waals surface area contributed by atoms with Crippen molar-refractivity contribution in [1.29, 1.82) is 0 Å². The normalized spacial score (nSPS) is 19.8. The molecule has 0 radical (unpaired) electrons. The summed E-state index contributed by atoms with van der Waals surface area (Å²) < 4.78 is 6.10. The van der Waals surface area contributed by atoms with E-state index >= 15 is 0 Å². The first-order valence-corrected chi connectivity index (χ1v) is 8.78. The Morgan fingerprint density at radius 1 is 1.57 bits per heavy atom. The van der Waals surface area contributed by atoms with Crippen LogP contribution in [0.4, 0.5) is 0 Å². The average Bonchev–Trinajstić information content (AvgIpc) is 3.13. The number of carbonyl (C=O) groups excluding carboxylic acids is 1. The molecule has 0 unspecified atom stereocenters. The second kappa shape index (κ2) is 6.98. The zero-order chi connectivity index (χ0) is 14.7. The van der Waals surface area contributed by atoms with E-state index in [1.165, 1.54) is 22.7 Å². The minimum atomic E-state index is 0.120. The Bertz CT molecular complexity index is 600. The van der Waals surface area contributed by atoms with Gasteiger partial charge in [-0.1, -0.05) is 17.7 Å². The lowest BCUT2D eigenvalue weighted by atomic mass is 10.1. The van der Waals surface area contributed by atoms with Crippen molar-refractivity contribution in [3.8, 4) is 0 Å². The van der Waals surface area contributed by atoms with Gasteiger partial charge in [0.25, 0.3) is 0 Å². The number of ether oxygens (including phenoxy) is 1. The monoisotopic (exact) mass is 342 g/mol. The van der Waals surface area contributed by atoms with Crippen LogP contribution in [0.5, 0.6) is 0 Å². The summed E-state index contributed by atoms with van der Waals surface area (Å²) in [5, 5.41) is 1.93. The molecule has 0 aromatic carbocycles. The van der Waals surface area contributed by atoms with Crippen LogP contribution in [0.25, 0.3) is 0 Å². The number of aromatic nitrogens is 1. The summed E-state index contributed by atoms with van der Waals surface area (Å²) in [4.78, 5) is 20.6. The van der Waals surface area contributed by atoms with Gasteiger partial charge in [0.05, 0.1) is 18.1 Å². The van der Waals surface area contributed by atoms with Crippen molar-refractivity contribution in [1.82, 2.24) is 9.88 Å². The van der Waals surface area contributed by atoms with Crippen LogP contribution in [0, 0.1) is 0 Å². The summed E-state index contributed by atoms with van der Waals surface area (Å²) in [6.07, 6.45) is 2.30. The highest BCUT2D eigenvalue weighted by Gasteiger charge is 2.26. The topological polar surface area (TPSA) is 42.4 Å². The van der Waals surface area contributed by atoms with E-state index < -0.39 is 0 Å². The van der Waals surface area contributed by atoms with E-state index in [2.05, 4.69) is 9.88 Å². The average molecular weight is 343 g/mol. The lowest BCUT2D eigenvalue weighted by Gasteiger charge is -2.34. The Hall–Kier alpha value is -0.790. The van der Waals surface area contributed by atoms with Gasteiger partial charge in [-0.05, 0) is 11.4 Å².